The molecule has 1 heterocycles. The molecule has 2 aliphatic carbocycles. The second-order valence-corrected chi connectivity index (χ2v) is 6.31. The van der Waals surface area contributed by atoms with Gasteiger partial charge in [-0.25, -0.2) is 0 Å². The van der Waals surface area contributed by atoms with Gasteiger partial charge in [0.25, 0.3) is 0 Å². The number of halogens is 1. The van der Waals surface area contributed by atoms with E-state index in [2.05, 4.69) is 44.8 Å². The zero-order chi connectivity index (χ0) is 11.6. The third-order valence-corrected chi connectivity index (χ3v) is 4.73. The highest BCUT2D eigenvalue weighted by molar-refractivity contribution is 9.10. The van der Waals surface area contributed by atoms with Gasteiger partial charge < -0.3 is 10.3 Å². The van der Waals surface area contributed by atoms with Gasteiger partial charge in [0, 0.05) is 27.1 Å². The zero-order valence-corrected chi connectivity index (χ0v) is 11.2. The molecule has 1 aromatic carbocycles. The van der Waals surface area contributed by atoms with Crippen LogP contribution >= 0.6 is 15.9 Å². The second kappa shape index (κ2) is 3.15. The van der Waals surface area contributed by atoms with Crippen LogP contribution in [0, 0.1) is 0 Å². The smallest absolute Gasteiger partial charge is 0.0565 e. The minimum atomic E-state index is -0.0406. The molecule has 2 fully saturated rings. The number of benzene rings is 1. The highest BCUT2D eigenvalue weighted by Crippen LogP contribution is 2.49. The van der Waals surface area contributed by atoms with Gasteiger partial charge in [-0.1, -0.05) is 22.0 Å². The fraction of sp³-hybridized carbons (Fsp3) is 0.429. The molecule has 2 N–H and O–H groups in total. The normalized spacial score (nSPS) is 22.0. The molecule has 0 saturated heterocycles. The molecular weight excluding hydrogens is 276 g/mol. The first-order chi connectivity index (χ1) is 8.19. The molecule has 2 aliphatic rings. The van der Waals surface area contributed by atoms with Gasteiger partial charge in [0.2, 0.25) is 0 Å². The van der Waals surface area contributed by atoms with Crippen molar-refractivity contribution in [2.45, 2.75) is 37.3 Å². The first kappa shape index (κ1) is 10.2. The van der Waals surface area contributed by atoms with Crippen LogP contribution in [0.5, 0.6) is 0 Å². The summed E-state index contributed by atoms with van der Waals surface area (Å²) in [4.78, 5) is 0. The standard InChI is InChI=1S/C14H15BrN2/c15-11-2-1-3-12-10(11)8-13(14(16)6-7-14)17(12)9-4-5-9/h1-3,8-9H,4-7,16H2. The molecule has 0 spiro atoms. The molecule has 2 saturated carbocycles. The third-order valence-electron chi connectivity index (χ3n) is 4.04. The van der Waals surface area contributed by atoms with Crippen LogP contribution < -0.4 is 5.73 Å². The number of nitrogens with zero attached hydrogens (tertiary/aromatic N) is 1. The van der Waals surface area contributed by atoms with Crippen LogP contribution in [0.1, 0.15) is 37.4 Å². The van der Waals surface area contributed by atoms with Gasteiger partial charge in [0.05, 0.1) is 5.54 Å². The van der Waals surface area contributed by atoms with E-state index in [0.717, 1.165) is 12.8 Å². The van der Waals surface area contributed by atoms with Crippen molar-refractivity contribution in [3.8, 4) is 0 Å². The van der Waals surface area contributed by atoms with E-state index in [0.29, 0.717) is 6.04 Å². The van der Waals surface area contributed by atoms with Crippen LogP contribution in [0.15, 0.2) is 28.7 Å². The lowest BCUT2D eigenvalue weighted by Gasteiger charge is -2.14. The molecule has 2 nitrogen and oxygen atoms in total. The summed E-state index contributed by atoms with van der Waals surface area (Å²) in [5.74, 6) is 0. The van der Waals surface area contributed by atoms with E-state index in [9.17, 15) is 0 Å². The van der Waals surface area contributed by atoms with Gasteiger partial charge in [-0.3, -0.25) is 0 Å². The number of hydrogen-bond donors (Lipinski definition) is 1. The lowest BCUT2D eigenvalue weighted by atomic mass is 10.2. The van der Waals surface area contributed by atoms with Crippen LogP contribution in [-0.2, 0) is 5.54 Å². The predicted molar refractivity (Wildman–Crippen MR) is 73.0 cm³/mol. The van der Waals surface area contributed by atoms with Crippen molar-refractivity contribution < 1.29 is 0 Å². The fourth-order valence-corrected chi connectivity index (χ4v) is 3.19. The van der Waals surface area contributed by atoms with Gasteiger partial charge in [-0.05, 0) is 43.9 Å². The molecule has 1 aromatic heterocycles. The average molecular weight is 291 g/mol. The van der Waals surface area contributed by atoms with Crippen molar-refractivity contribution in [1.82, 2.24) is 4.57 Å². The average Bonchev–Trinajstić information content (AvgIpc) is 3.22. The molecule has 88 valence electrons. The van der Waals surface area contributed by atoms with E-state index in [4.69, 9.17) is 5.73 Å². The summed E-state index contributed by atoms with van der Waals surface area (Å²) >= 11 is 3.65. The van der Waals surface area contributed by atoms with Crippen LogP contribution in [-0.4, -0.2) is 4.57 Å². The summed E-state index contributed by atoms with van der Waals surface area (Å²) in [5, 5.41) is 1.31. The van der Waals surface area contributed by atoms with E-state index >= 15 is 0 Å². The molecule has 3 heteroatoms. The number of rotatable bonds is 2. The van der Waals surface area contributed by atoms with E-state index < -0.39 is 0 Å². The monoisotopic (exact) mass is 290 g/mol. The number of aromatic nitrogens is 1. The van der Waals surface area contributed by atoms with Gasteiger partial charge in [0.15, 0.2) is 0 Å². The predicted octanol–water partition coefficient (Wildman–Crippen LogP) is 3.69. The summed E-state index contributed by atoms with van der Waals surface area (Å²) in [6.07, 6.45) is 4.88. The highest BCUT2D eigenvalue weighted by atomic mass is 79.9. The van der Waals surface area contributed by atoms with E-state index in [1.807, 2.05) is 0 Å². The van der Waals surface area contributed by atoms with Gasteiger partial charge in [-0.2, -0.15) is 0 Å². The fourth-order valence-electron chi connectivity index (χ4n) is 2.72. The first-order valence-electron chi connectivity index (χ1n) is 6.28. The number of fused-ring (bicyclic) bond motifs is 1. The topological polar surface area (TPSA) is 30.9 Å². The van der Waals surface area contributed by atoms with E-state index in [-0.39, 0.29) is 5.54 Å². The van der Waals surface area contributed by atoms with Gasteiger partial charge in [-0.15, -0.1) is 0 Å². The summed E-state index contributed by atoms with van der Waals surface area (Å²) in [7, 11) is 0. The molecule has 0 unspecified atom stereocenters. The molecule has 17 heavy (non-hydrogen) atoms. The molecule has 0 amide bonds. The number of nitrogens with two attached hydrogens (primary N) is 1. The van der Waals surface area contributed by atoms with Crippen molar-refractivity contribution in [3.05, 3.63) is 34.4 Å². The molecular formula is C14H15BrN2. The lowest BCUT2D eigenvalue weighted by molar-refractivity contribution is 0.622. The lowest BCUT2D eigenvalue weighted by Crippen LogP contribution is -2.22. The summed E-state index contributed by atoms with van der Waals surface area (Å²) in [6.45, 7) is 0. The Morgan fingerprint density at radius 3 is 2.71 bits per heavy atom. The maximum absolute atomic E-state index is 6.41. The molecule has 0 aliphatic heterocycles. The van der Waals surface area contributed by atoms with Crippen LogP contribution in [0.3, 0.4) is 0 Å². The van der Waals surface area contributed by atoms with Gasteiger partial charge >= 0.3 is 0 Å². The van der Waals surface area contributed by atoms with Crippen LogP contribution in [0.25, 0.3) is 10.9 Å². The largest absolute Gasteiger partial charge is 0.340 e. The minimum Gasteiger partial charge on any atom is -0.340 e. The second-order valence-electron chi connectivity index (χ2n) is 5.46. The van der Waals surface area contributed by atoms with Crippen LogP contribution in [0.2, 0.25) is 0 Å². The molecule has 2 aromatic rings. The Morgan fingerprint density at radius 1 is 1.29 bits per heavy atom. The molecule has 4 rings (SSSR count). The Labute approximate surface area is 109 Å². The van der Waals surface area contributed by atoms with Gasteiger partial charge in [0.1, 0.15) is 0 Å². The van der Waals surface area contributed by atoms with Crippen molar-refractivity contribution in [3.63, 3.8) is 0 Å². The Bertz CT molecular complexity index is 606. The highest BCUT2D eigenvalue weighted by Gasteiger charge is 2.44. The molecule has 0 atom stereocenters. The van der Waals surface area contributed by atoms with Crippen molar-refractivity contribution in [1.29, 1.82) is 0 Å². The Morgan fingerprint density at radius 2 is 2.06 bits per heavy atom. The molecule has 0 bridgehead atoms. The van der Waals surface area contributed by atoms with Crippen molar-refractivity contribution in [2.24, 2.45) is 5.73 Å². The van der Waals surface area contributed by atoms with Crippen molar-refractivity contribution in [2.75, 3.05) is 0 Å². The molecule has 0 radical (unpaired) electrons. The summed E-state index contributed by atoms with van der Waals surface area (Å²) in [6, 6.07) is 9.43. The third kappa shape index (κ3) is 1.42. The Hall–Kier alpha value is -0.800. The van der Waals surface area contributed by atoms with E-state index in [1.165, 1.54) is 33.9 Å². The Balaban J connectivity index is 2.05. The maximum atomic E-state index is 6.41. The van der Waals surface area contributed by atoms with Crippen molar-refractivity contribution >= 4 is 26.8 Å². The zero-order valence-electron chi connectivity index (χ0n) is 9.62. The first-order valence-corrected chi connectivity index (χ1v) is 7.07. The maximum Gasteiger partial charge on any atom is 0.0565 e. The summed E-state index contributed by atoms with van der Waals surface area (Å²) < 4.78 is 3.67. The summed E-state index contributed by atoms with van der Waals surface area (Å²) in [5.41, 5.74) is 9.06. The Kier molecular flexibility index (Phi) is 1.88. The quantitative estimate of drug-likeness (QED) is 0.899. The number of hydrogen-bond acceptors (Lipinski definition) is 1. The van der Waals surface area contributed by atoms with E-state index in [1.54, 1.807) is 0 Å². The van der Waals surface area contributed by atoms with Crippen LogP contribution in [0.4, 0.5) is 0 Å². The minimum absolute atomic E-state index is 0.0406. The SMILES string of the molecule is NC1(c2cc3c(Br)cccc3n2C2CC2)CC1.